The molecule has 1 amide bonds. The van der Waals surface area contributed by atoms with Gasteiger partial charge in [-0.05, 0) is 60.0 Å². The molecule has 8 nitrogen and oxygen atoms in total. The molecular weight excluding hydrogens is 539 g/mol. The van der Waals surface area contributed by atoms with Gasteiger partial charge < -0.3 is 9.84 Å². The van der Waals surface area contributed by atoms with Crippen LogP contribution in [0.5, 0.6) is 5.75 Å². The summed E-state index contributed by atoms with van der Waals surface area (Å²) in [7, 11) is 0. The molecule has 11 heteroatoms. The van der Waals surface area contributed by atoms with E-state index in [0.29, 0.717) is 33.2 Å². The van der Waals surface area contributed by atoms with Crippen LogP contribution in [0.2, 0.25) is 0 Å². The number of hydrogen-bond donors (Lipinski definition) is 1. The smallest absolute Gasteiger partial charge is 0.301 e. The molecule has 6 rings (SSSR count). The lowest BCUT2D eigenvalue weighted by Crippen LogP contribution is -2.29. The summed E-state index contributed by atoms with van der Waals surface area (Å²) in [6, 6.07) is 14.1. The van der Waals surface area contributed by atoms with Crippen LogP contribution in [-0.4, -0.2) is 38.1 Å². The van der Waals surface area contributed by atoms with E-state index in [2.05, 4.69) is 15.2 Å². The van der Waals surface area contributed by atoms with Crippen LogP contribution in [-0.2, 0) is 21.8 Å². The van der Waals surface area contributed by atoms with Gasteiger partial charge in [-0.2, -0.15) is 0 Å². The summed E-state index contributed by atoms with van der Waals surface area (Å²) in [5.41, 5.74) is 2.39. The summed E-state index contributed by atoms with van der Waals surface area (Å²) in [5.74, 6) is -1.17. The highest BCUT2D eigenvalue weighted by atomic mass is 32.2. The molecule has 0 bridgehead atoms. The number of carbonyl (C=O) groups excluding carboxylic acids is 2. The fourth-order valence-corrected chi connectivity index (χ4v) is 6.58. The van der Waals surface area contributed by atoms with Crippen LogP contribution >= 0.6 is 23.1 Å². The molecule has 1 N–H and O–H groups in total. The average Bonchev–Trinajstić information content (AvgIpc) is 3.63. The molecule has 2 aliphatic rings. The van der Waals surface area contributed by atoms with Crippen LogP contribution in [0.25, 0.3) is 5.76 Å². The van der Waals surface area contributed by atoms with Crippen molar-refractivity contribution in [1.82, 2.24) is 15.2 Å². The number of amides is 1. The van der Waals surface area contributed by atoms with E-state index in [-0.39, 0.29) is 28.4 Å². The minimum absolute atomic E-state index is 0.0163. The van der Waals surface area contributed by atoms with Crippen LogP contribution < -0.4 is 9.64 Å². The number of halogens is 1. The number of ketones is 1. The molecule has 2 atom stereocenters. The van der Waals surface area contributed by atoms with Gasteiger partial charge in [-0.25, -0.2) is 4.39 Å². The van der Waals surface area contributed by atoms with Crippen molar-refractivity contribution in [3.63, 3.8) is 0 Å². The van der Waals surface area contributed by atoms with Crippen molar-refractivity contribution < 1.29 is 23.8 Å². The standard InChI is InChI=1S/C28H21FN4O4S2/c1-15-12-19-13-17(6-7-21(19)37-15)24(34)22-23(16-8-10-30-11-9-16)33(26(36)25(22)35)27-31-32-28(39-27)38-14-18-4-2-3-5-20(18)29/h2-11,13,15,23,34H,12,14H2,1H3/b24-22+. The number of pyridine rings is 1. The summed E-state index contributed by atoms with van der Waals surface area (Å²) in [5, 5.41) is 19.9. The van der Waals surface area contributed by atoms with Gasteiger partial charge in [0.2, 0.25) is 5.13 Å². The Morgan fingerprint density at radius 1 is 1.15 bits per heavy atom. The first-order valence-corrected chi connectivity index (χ1v) is 13.9. The quantitative estimate of drug-likeness (QED) is 0.111. The predicted molar refractivity (Wildman–Crippen MR) is 145 cm³/mol. The van der Waals surface area contributed by atoms with Crippen LogP contribution in [0.4, 0.5) is 9.52 Å². The average molecular weight is 561 g/mol. The van der Waals surface area contributed by atoms with Crippen LogP contribution in [0.15, 0.2) is 76.9 Å². The molecule has 0 aliphatic carbocycles. The summed E-state index contributed by atoms with van der Waals surface area (Å²) in [6.07, 6.45) is 3.80. The molecule has 2 aromatic heterocycles. The molecular formula is C28H21FN4O4S2. The number of aliphatic hydroxyl groups is 1. The van der Waals surface area contributed by atoms with Crippen LogP contribution in [0.3, 0.4) is 0 Å². The molecule has 4 heterocycles. The molecule has 1 saturated heterocycles. The zero-order valence-electron chi connectivity index (χ0n) is 20.6. The van der Waals surface area contributed by atoms with Gasteiger partial charge in [0.1, 0.15) is 23.4 Å². The molecule has 0 radical (unpaired) electrons. The largest absolute Gasteiger partial charge is 0.507 e. The van der Waals surface area contributed by atoms with Crippen LogP contribution in [0, 0.1) is 5.82 Å². The fraction of sp³-hybridized carbons (Fsp3) is 0.179. The van der Waals surface area contributed by atoms with Gasteiger partial charge in [-0.1, -0.05) is 41.3 Å². The number of aromatic nitrogens is 3. The number of anilines is 1. The van der Waals surface area contributed by atoms with E-state index in [1.54, 1.807) is 60.9 Å². The Balaban J connectivity index is 1.38. The van der Waals surface area contributed by atoms with Gasteiger partial charge in [0, 0.05) is 30.1 Å². The number of rotatable bonds is 6. The number of ether oxygens (including phenoxy) is 1. The highest BCUT2D eigenvalue weighted by Gasteiger charge is 2.48. The number of fused-ring (bicyclic) bond motifs is 1. The van der Waals surface area contributed by atoms with Crippen molar-refractivity contribution in [3.05, 3.63) is 101 Å². The van der Waals surface area contributed by atoms with Gasteiger partial charge >= 0.3 is 5.91 Å². The lowest BCUT2D eigenvalue weighted by molar-refractivity contribution is -0.132. The molecule has 1 fully saturated rings. The fourth-order valence-electron chi connectivity index (χ4n) is 4.73. The highest BCUT2D eigenvalue weighted by Crippen LogP contribution is 2.44. The topological polar surface area (TPSA) is 106 Å². The maximum absolute atomic E-state index is 14.1. The number of thioether (sulfide) groups is 1. The Hall–Kier alpha value is -4.09. The molecule has 2 unspecified atom stereocenters. The Labute approximate surface area is 231 Å². The highest BCUT2D eigenvalue weighted by molar-refractivity contribution is 8.00. The number of aliphatic hydroxyl groups excluding tert-OH is 1. The lowest BCUT2D eigenvalue weighted by Gasteiger charge is -2.22. The second-order valence-corrected chi connectivity index (χ2v) is 11.3. The third-order valence-electron chi connectivity index (χ3n) is 6.55. The Morgan fingerprint density at radius 2 is 1.95 bits per heavy atom. The SMILES string of the molecule is CC1Cc2cc(/C(O)=C3\C(=O)C(=O)N(c4nnc(SCc5ccccc5F)s4)C3c3ccncc3)ccc2O1. The van der Waals surface area contributed by atoms with Crippen molar-refractivity contribution in [2.75, 3.05) is 4.90 Å². The Bertz CT molecular complexity index is 1620. The molecule has 196 valence electrons. The van der Waals surface area contributed by atoms with E-state index < -0.39 is 17.7 Å². The number of nitrogens with zero attached hydrogens (tertiary/aromatic N) is 4. The first-order valence-electron chi connectivity index (χ1n) is 12.1. The molecule has 4 aromatic rings. The van der Waals surface area contributed by atoms with E-state index in [1.807, 2.05) is 6.92 Å². The Morgan fingerprint density at radius 3 is 2.74 bits per heavy atom. The van der Waals surface area contributed by atoms with E-state index in [1.165, 1.54) is 22.7 Å². The summed E-state index contributed by atoms with van der Waals surface area (Å²) in [4.78, 5) is 32.1. The Kier molecular flexibility index (Phi) is 6.61. The monoisotopic (exact) mass is 560 g/mol. The van der Waals surface area contributed by atoms with E-state index in [9.17, 15) is 19.1 Å². The van der Waals surface area contributed by atoms with Gasteiger partial charge in [-0.15, -0.1) is 10.2 Å². The first kappa shape index (κ1) is 25.2. The molecule has 2 aliphatic heterocycles. The predicted octanol–water partition coefficient (Wildman–Crippen LogP) is 5.31. The number of Topliss-reactive ketones (excluding diaryl/α,β-unsaturated/α-hetero) is 1. The lowest BCUT2D eigenvalue weighted by atomic mass is 9.95. The third-order valence-corrected chi connectivity index (χ3v) is 8.65. The van der Waals surface area contributed by atoms with E-state index >= 15 is 0 Å². The van der Waals surface area contributed by atoms with Gasteiger partial charge in [0.05, 0.1) is 11.6 Å². The van der Waals surface area contributed by atoms with Crippen LogP contribution in [0.1, 0.15) is 35.2 Å². The molecule has 0 saturated carbocycles. The zero-order chi connectivity index (χ0) is 27.1. The van der Waals surface area contributed by atoms with E-state index in [4.69, 9.17) is 4.74 Å². The van der Waals surface area contributed by atoms with E-state index in [0.717, 1.165) is 22.6 Å². The van der Waals surface area contributed by atoms with Crippen molar-refractivity contribution >= 4 is 45.7 Å². The molecule has 0 spiro atoms. The van der Waals surface area contributed by atoms with Crippen molar-refractivity contribution in [2.24, 2.45) is 0 Å². The van der Waals surface area contributed by atoms with Gasteiger partial charge in [0.15, 0.2) is 4.34 Å². The van der Waals surface area contributed by atoms with Gasteiger partial charge in [-0.3, -0.25) is 19.5 Å². The van der Waals surface area contributed by atoms with Gasteiger partial charge in [0.25, 0.3) is 5.78 Å². The second kappa shape index (κ2) is 10.2. The number of benzene rings is 2. The summed E-state index contributed by atoms with van der Waals surface area (Å²) >= 11 is 2.40. The maximum atomic E-state index is 14.1. The van der Waals surface area contributed by atoms with Crippen molar-refractivity contribution in [1.29, 1.82) is 0 Å². The number of hydrogen-bond acceptors (Lipinski definition) is 9. The van der Waals surface area contributed by atoms with Crippen molar-refractivity contribution in [3.8, 4) is 5.75 Å². The zero-order valence-corrected chi connectivity index (χ0v) is 22.2. The molecule has 2 aromatic carbocycles. The minimum atomic E-state index is -0.936. The normalized spacial score (nSPS) is 19.8. The summed E-state index contributed by atoms with van der Waals surface area (Å²) < 4.78 is 20.3. The second-order valence-electron chi connectivity index (χ2n) is 9.14. The summed E-state index contributed by atoms with van der Waals surface area (Å²) in [6.45, 7) is 1.96. The number of carbonyl (C=O) groups is 2. The maximum Gasteiger partial charge on any atom is 0.301 e. The minimum Gasteiger partial charge on any atom is -0.507 e. The van der Waals surface area contributed by atoms with Crippen molar-refractivity contribution in [2.45, 2.75) is 35.6 Å². The third kappa shape index (κ3) is 4.68. The molecule has 39 heavy (non-hydrogen) atoms. The first-order chi connectivity index (χ1) is 18.9.